The molecule has 1 atom stereocenters. The number of aliphatic carboxylic acids is 1. The lowest BCUT2D eigenvalue weighted by atomic mass is 9.98. The minimum absolute atomic E-state index is 0.0523. The molecule has 1 unspecified atom stereocenters. The van der Waals surface area contributed by atoms with Gasteiger partial charge >= 0.3 is 5.97 Å². The number of nitrogens with one attached hydrogen (secondary N) is 1. The number of rotatable bonds is 9. The summed E-state index contributed by atoms with van der Waals surface area (Å²) < 4.78 is 1.95. The molecule has 0 saturated carbocycles. The summed E-state index contributed by atoms with van der Waals surface area (Å²) in [5.41, 5.74) is 3.90. The fourth-order valence-corrected chi connectivity index (χ4v) is 4.57. The summed E-state index contributed by atoms with van der Waals surface area (Å²) in [6, 6.07) is 14.9. The number of carbonyl (C=O) groups is 2. The Kier molecular flexibility index (Phi) is 7.91. The Hall–Kier alpha value is -3.42. The molecule has 0 saturated heterocycles. The van der Waals surface area contributed by atoms with Crippen molar-refractivity contribution in [3.05, 3.63) is 82.2 Å². The predicted molar refractivity (Wildman–Crippen MR) is 142 cm³/mol. The Labute approximate surface area is 219 Å². The molecule has 0 aliphatic heterocycles. The molecule has 0 radical (unpaired) electrons. The van der Waals surface area contributed by atoms with E-state index < -0.39 is 11.9 Å². The van der Waals surface area contributed by atoms with Crippen molar-refractivity contribution in [1.29, 1.82) is 0 Å². The topological polar surface area (TPSA) is 97.1 Å². The first kappa shape index (κ1) is 25.7. The fourth-order valence-electron chi connectivity index (χ4n) is 4.05. The zero-order chi connectivity index (χ0) is 25.8. The molecule has 4 rings (SSSR count). The highest BCUT2D eigenvalue weighted by atomic mass is 35.5. The number of carboxylic acid groups (broad SMARTS) is 1. The number of hydrogen-bond donors (Lipinski definition) is 2. The van der Waals surface area contributed by atoms with Crippen LogP contribution in [0.5, 0.6) is 0 Å². The van der Waals surface area contributed by atoms with Crippen molar-refractivity contribution in [1.82, 2.24) is 20.1 Å². The lowest BCUT2D eigenvalue weighted by Crippen LogP contribution is -2.27. The van der Waals surface area contributed by atoms with Crippen molar-refractivity contribution in [2.75, 3.05) is 6.54 Å². The number of carboxylic acids is 1. The molecule has 2 heterocycles. The smallest absolute Gasteiger partial charge is 0.305 e. The van der Waals surface area contributed by atoms with Crippen molar-refractivity contribution in [2.24, 2.45) is 5.92 Å². The second kappa shape index (κ2) is 11.1. The lowest BCUT2D eigenvalue weighted by molar-refractivity contribution is -0.136. The maximum absolute atomic E-state index is 12.3. The van der Waals surface area contributed by atoms with Gasteiger partial charge in [0.15, 0.2) is 0 Å². The third-order valence-electron chi connectivity index (χ3n) is 5.81. The standard InChI is InChI=1S/C27H26Cl2N4O3/c1-16(2)11-25(18-4-8-24(31-14-18)27(36)30-10-9-26(34)35)33-15-19-12-17(3-7-23(19)32-33)21-6-5-20(28)13-22(21)29/h3-8,12-16,25H,9-11H2,1-2H3,(H,30,36)(H,34,35). The number of carbonyl (C=O) groups excluding carboxylic acids is 1. The highest BCUT2D eigenvalue weighted by Gasteiger charge is 2.19. The van der Waals surface area contributed by atoms with Gasteiger partial charge in [-0.1, -0.05) is 55.2 Å². The Morgan fingerprint density at radius 3 is 2.56 bits per heavy atom. The van der Waals surface area contributed by atoms with Crippen molar-refractivity contribution in [3.8, 4) is 11.1 Å². The molecular weight excluding hydrogens is 499 g/mol. The summed E-state index contributed by atoms with van der Waals surface area (Å²) in [4.78, 5) is 27.2. The van der Waals surface area contributed by atoms with Crippen LogP contribution < -0.4 is 5.32 Å². The average molecular weight is 525 g/mol. The third kappa shape index (κ3) is 6.04. The van der Waals surface area contributed by atoms with Gasteiger partial charge < -0.3 is 10.4 Å². The first-order valence-corrected chi connectivity index (χ1v) is 12.4. The molecule has 0 fully saturated rings. The molecular formula is C27H26Cl2N4O3. The first-order chi connectivity index (χ1) is 17.2. The van der Waals surface area contributed by atoms with Gasteiger partial charge in [0.25, 0.3) is 5.91 Å². The number of fused-ring (bicyclic) bond motifs is 1. The van der Waals surface area contributed by atoms with E-state index in [1.807, 2.05) is 41.2 Å². The molecule has 2 aromatic heterocycles. The molecule has 0 bridgehead atoms. The van der Waals surface area contributed by atoms with Gasteiger partial charge in [-0.25, -0.2) is 0 Å². The fraction of sp³-hybridized carbons (Fsp3) is 0.259. The van der Waals surface area contributed by atoms with E-state index >= 15 is 0 Å². The van der Waals surface area contributed by atoms with Crippen molar-refractivity contribution >= 4 is 46.0 Å². The van der Waals surface area contributed by atoms with Crippen LogP contribution in [0, 0.1) is 5.92 Å². The Bertz CT molecular complexity index is 1400. The van der Waals surface area contributed by atoms with Crippen LogP contribution in [0.3, 0.4) is 0 Å². The van der Waals surface area contributed by atoms with Crippen LogP contribution in [0.25, 0.3) is 22.0 Å². The molecule has 4 aromatic rings. The molecule has 7 nitrogen and oxygen atoms in total. The highest BCUT2D eigenvalue weighted by Crippen LogP contribution is 2.33. The van der Waals surface area contributed by atoms with Gasteiger partial charge in [-0.15, -0.1) is 0 Å². The van der Waals surface area contributed by atoms with Gasteiger partial charge in [0.1, 0.15) is 5.69 Å². The third-order valence-corrected chi connectivity index (χ3v) is 6.35. The van der Waals surface area contributed by atoms with Gasteiger partial charge in [0, 0.05) is 39.9 Å². The molecule has 186 valence electrons. The molecule has 0 spiro atoms. The van der Waals surface area contributed by atoms with Gasteiger partial charge in [0.2, 0.25) is 0 Å². The molecule has 2 aromatic carbocycles. The van der Waals surface area contributed by atoms with E-state index in [0.717, 1.165) is 34.0 Å². The highest BCUT2D eigenvalue weighted by molar-refractivity contribution is 6.36. The van der Waals surface area contributed by atoms with E-state index in [1.165, 1.54) is 0 Å². The van der Waals surface area contributed by atoms with E-state index in [9.17, 15) is 9.59 Å². The van der Waals surface area contributed by atoms with Crippen LogP contribution >= 0.6 is 23.2 Å². The zero-order valence-corrected chi connectivity index (χ0v) is 21.4. The number of benzene rings is 2. The summed E-state index contributed by atoms with van der Waals surface area (Å²) in [6.07, 6.45) is 4.39. The van der Waals surface area contributed by atoms with Crippen molar-refractivity contribution in [3.63, 3.8) is 0 Å². The summed E-state index contributed by atoms with van der Waals surface area (Å²) in [5, 5.41) is 18.3. The monoisotopic (exact) mass is 524 g/mol. The molecule has 0 aliphatic rings. The largest absolute Gasteiger partial charge is 0.481 e. The van der Waals surface area contributed by atoms with Crippen LogP contribution in [-0.4, -0.2) is 38.3 Å². The number of hydrogen-bond acceptors (Lipinski definition) is 4. The van der Waals surface area contributed by atoms with Gasteiger partial charge in [-0.3, -0.25) is 19.3 Å². The number of halogens is 2. The summed E-state index contributed by atoms with van der Waals surface area (Å²) >= 11 is 12.5. The summed E-state index contributed by atoms with van der Waals surface area (Å²) in [5.74, 6) is -0.976. The number of nitrogens with zero attached hydrogens (tertiary/aromatic N) is 3. The predicted octanol–water partition coefficient (Wildman–Crippen LogP) is 6.25. The van der Waals surface area contributed by atoms with Crippen molar-refractivity contribution < 1.29 is 14.7 Å². The lowest BCUT2D eigenvalue weighted by Gasteiger charge is -2.20. The first-order valence-electron chi connectivity index (χ1n) is 11.6. The van der Waals surface area contributed by atoms with Crippen LogP contribution in [0.15, 0.2) is 60.9 Å². The minimum Gasteiger partial charge on any atom is -0.481 e. The van der Waals surface area contributed by atoms with Gasteiger partial charge in [-0.2, -0.15) is 5.10 Å². The Balaban J connectivity index is 1.61. The maximum atomic E-state index is 12.3. The van der Waals surface area contributed by atoms with Crippen LogP contribution in [-0.2, 0) is 4.79 Å². The number of aromatic nitrogens is 3. The maximum Gasteiger partial charge on any atom is 0.305 e. The normalized spacial score (nSPS) is 12.1. The average Bonchev–Trinajstić information content (AvgIpc) is 3.25. The Morgan fingerprint density at radius 2 is 1.89 bits per heavy atom. The van der Waals surface area contributed by atoms with Gasteiger partial charge in [-0.05, 0) is 53.8 Å². The van der Waals surface area contributed by atoms with E-state index in [2.05, 4.69) is 30.2 Å². The SMILES string of the molecule is CC(C)CC(c1ccc(C(=O)NCCC(=O)O)nc1)n1cc2cc(-c3ccc(Cl)cc3Cl)ccc2n1. The number of amides is 1. The molecule has 1 amide bonds. The van der Waals surface area contributed by atoms with Crippen molar-refractivity contribution in [2.45, 2.75) is 32.7 Å². The van der Waals surface area contributed by atoms with Crippen LogP contribution in [0.1, 0.15) is 48.8 Å². The van der Waals surface area contributed by atoms with Crippen LogP contribution in [0.4, 0.5) is 0 Å². The second-order valence-corrected chi connectivity index (χ2v) is 9.87. The molecule has 0 aliphatic carbocycles. The number of pyridine rings is 1. The molecule has 2 N–H and O–H groups in total. The van der Waals surface area contributed by atoms with Crippen LogP contribution in [0.2, 0.25) is 10.0 Å². The second-order valence-electron chi connectivity index (χ2n) is 9.03. The minimum atomic E-state index is -0.967. The van der Waals surface area contributed by atoms with E-state index in [-0.39, 0.29) is 24.7 Å². The quantitative estimate of drug-likeness (QED) is 0.270. The Morgan fingerprint density at radius 1 is 1.08 bits per heavy atom. The molecule has 36 heavy (non-hydrogen) atoms. The summed E-state index contributed by atoms with van der Waals surface area (Å²) in [6.45, 7) is 4.35. The zero-order valence-electron chi connectivity index (χ0n) is 19.9. The van der Waals surface area contributed by atoms with E-state index in [4.69, 9.17) is 33.4 Å². The van der Waals surface area contributed by atoms with E-state index in [0.29, 0.717) is 16.0 Å². The molecule has 9 heteroatoms. The van der Waals surface area contributed by atoms with E-state index in [1.54, 1.807) is 18.3 Å². The van der Waals surface area contributed by atoms with Gasteiger partial charge in [0.05, 0.1) is 18.0 Å². The summed E-state index contributed by atoms with van der Waals surface area (Å²) in [7, 11) is 0.